The van der Waals surface area contributed by atoms with Crippen LogP contribution in [-0.4, -0.2) is 39.3 Å². The van der Waals surface area contributed by atoms with Crippen molar-refractivity contribution in [3.8, 4) is 0 Å². The number of aromatic nitrogens is 2. The molecule has 0 bridgehead atoms. The molecule has 2 heterocycles. The molecule has 0 aliphatic heterocycles. The average molecular weight is 351 g/mol. The van der Waals surface area contributed by atoms with E-state index in [1.165, 1.54) is 28.4 Å². The van der Waals surface area contributed by atoms with Crippen molar-refractivity contribution < 1.29 is 24.2 Å². The normalized spacial score (nSPS) is 10.4. The van der Waals surface area contributed by atoms with E-state index in [0.29, 0.717) is 10.6 Å². The molecular formula is C15H17N3O5S. The second kappa shape index (κ2) is 7.73. The second-order valence-electron chi connectivity index (χ2n) is 4.81. The third-order valence-electron chi connectivity index (χ3n) is 3.07. The molecule has 24 heavy (non-hydrogen) atoms. The van der Waals surface area contributed by atoms with Crippen molar-refractivity contribution in [3.63, 3.8) is 0 Å². The maximum Gasteiger partial charge on any atom is 0.341 e. The molecule has 2 aromatic rings. The minimum absolute atomic E-state index is 0.000551. The minimum atomic E-state index is -1.11. The van der Waals surface area contributed by atoms with Crippen molar-refractivity contribution in [1.29, 1.82) is 0 Å². The second-order valence-corrected chi connectivity index (χ2v) is 5.95. The molecule has 0 aliphatic rings. The van der Waals surface area contributed by atoms with Gasteiger partial charge in [0.25, 0.3) is 0 Å². The molecule has 9 heteroatoms. The van der Waals surface area contributed by atoms with E-state index in [4.69, 9.17) is 9.84 Å². The first kappa shape index (κ1) is 17.7. The highest BCUT2D eigenvalue weighted by Crippen LogP contribution is 2.29. The number of anilines is 1. The van der Waals surface area contributed by atoms with E-state index in [9.17, 15) is 14.4 Å². The quantitative estimate of drug-likeness (QED) is 0.738. The SMILES string of the molecule is CCOC(=O)c1cc(CC)sc1NC(=O)Cn1cc(C(=O)O)cn1. The van der Waals surface area contributed by atoms with Crippen LogP contribution in [0.3, 0.4) is 0 Å². The first-order valence-electron chi connectivity index (χ1n) is 7.30. The summed E-state index contributed by atoms with van der Waals surface area (Å²) in [6.07, 6.45) is 3.16. The van der Waals surface area contributed by atoms with Crippen LogP contribution < -0.4 is 5.32 Å². The highest BCUT2D eigenvalue weighted by Gasteiger charge is 2.19. The fourth-order valence-electron chi connectivity index (χ4n) is 1.94. The van der Waals surface area contributed by atoms with Crippen LogP contribution >= 0.6 is 11.3 Å². The van der Waals surface area contributed by atoms with Crippen LogP contribution in [0.25, 0.3) is 0 Å². The number of hydrogen-bond acceptors (Lipinski definition) is 6. The first-order valence-corrected chi connectivity index (χ1v) is 8.11. The molecule has 128 valence electrons. The summed E-state index contributed by atoms with van der Waals surface area (Å²) in [5.41, 5.74) is 0.318. The maximum absolute atomic E-state index is 12.1. The van der Waals surface area contributed by atoms with E-state index in [1.54, 1.807) is 13.0 Å². The lowest BCUT2D eigenvalue weighted by Gasteiger charge is -2.06. The van der Waals surface area contributed by atoms with Gasteiger partial charge in [-0.3, -0.25) is 9.48 Å². The Morgan fingerprint density at radius 3 is 2.71 bits per heavy atom. The Labute approximate surface area is 142 Å². The Kier molecular flexibility index (Phi) is 5.69. The predicted octanol–water partition coefficient (Wildman–Crippen LogP) is 2.02. The van der Waals surface area contributed by atoms with E-state index >= 15 is 0 Å². The molecule has 2 N–H and O–H groups in total. The summed E-state index contributed by atoms with van der Waals surface area (Å²) < 4.78 is 6.21. The third-order valence-corrected chi connectivity index (χ3v) is 4.26. The van der Waals surface area contributed by atoms with Gasteiger partial charge in [-0.15, -0.1) is 11.3 Å². The van der Waals surface area contributed by atoms with Gasteiger partial charge in [0.15, 0.2) is 0 Å². The van der Waals surface area contributed by atoms with Crippen LogP contribution in [0.4, 0.5) is 5.00 Å². The zero-order valence-electron chi connectivity index (χ0n) is 13.2. The average Bonchev–Trinajstić information content (AvgIpc) is 3.14. The summed E-state index contributed by atoms with van der Waals surface area (Å²) in [6, 6.07) is 1.70. The summed E-state index contributed by atoms with van der Waals surface area (Å²) in [5, 5.41) is 15.7. The van der Waals surface area contributed by atoms with E-state index < -0.39 is 17.8 Å². The summed E-state index contributed by atoms with van der Waals surface area (Å²) in [6.45, 7) is 3.74. The van der Waals surface area contributed by atoms with Gasteiger partial charge in [0, 0.05) is 11.1 Å². The van der Waals surface area contributed by atoms with Crippen LogP contribution in [0.1, 0.15) is 39.4 Å². The molecular weight excluding hydrogens is 334 g/mol. The van der Waals surface area contributed by atoms with Gasteiger partial charge in [-0.25, -0.2) is 9.59 Å². The highest BCUT2D eigenvalue weighted by molar-refractivity contribution is 7.16. The number of thiophene rings is 1. The van der Waals surface area contributed by atoms with Gasteiger partial charge in [-0.1, -0.05) is 6.92 Å². The zero-order chi connectivity index (χ0) is 17.7. The first-order chi connectivity index (χ1) is 11.4. The Morgan fingerprint density at radius 1 is 1.38 bits per heavy atom. The van der Waals surface area contributed by atoms with E-state index in [1.807, 2.05) is 6.92 Å². The molecule has 0 fully saturated rings. The number of aromatic carboxylic acids is 1. The van der Waals surface area contributed by atoms with Gasteiger partial charge in [0.05, 0.1) is 23.9 Å². The van der Waals surface area contributed by atoms with Crippen molar-refractivity contribution in [3.05, 3.63) is 34.5 Å². The molecule has 0 atom stereocenters. The van der Waals surface area contributed by atoms with E-state index in [0.717, 1.165) is 11.3 Å². The van der Waals surface area contributed by atoms with Crippen molar-refractivity contribution in [1.82, 2.24) is 9.78 Å². The number of carbonyl (C=O) groups is 3. The number of rotatable bonds is 7. The number of carbonyl (C=O) groups excluding carboxylic acids is 2. The Balaban J connectivity index is 2.11. The number of ether oxygens (including phenoxy) is 1. The fraction of sp³-hybridized carbons (Fsp3) is 0.333. The maximum atomic E-state index is 12.1. The Bertz CT molecular complexity index is 765. The summed E-state index contributed by atoms with van der Waals surface area (Å²) >= 11 is 1.31. The molecule has 8 nitrogen and oxygen atoms in total. The van der Waals surface area contributed by atoms with Crippen LogP contribution in [0, 0.1) is 0 Å². The molecule has 0 spiro atoms. The van der Waals surface area contributed by atoms with Crippen molar-refractivity contribution in [2.24, 2.45) is 0 Å². The topological polar surface area (TPSA) is 111 Å². The number of nitrogens with zero attached hydrogens (tertiary/aromatic N) is 2. The Hall–Kier alpha value is -2.68. The van der Waals surface area contributed by atoms with Crippen LogP contribution in [0.15, 0.2) is 18.5 Å². The van der Waals surface area contributed by atoms with Crippen molar-refractivity contribution in [2.75, 3.05) is 11.9 Å². The largest absolute Gasteiger partial charge is 0.478 e. The van der Waals surface area contributed by atoms with Gasteiger partial charge >= 0.3 is 11.9 Å². The monoisotopic (exact) mass is 351 g/mol. The lowest BCUT2D eigenvalue weighted by molar-refractivity contribution is -0.116. The lowest BCUT2D eigenvalue weighted by atomic mass is 10.2. The van der Waals surface area contributed by atoms with Crippen molar-refractivity contribution >= 4 is 34.2 Å². The van der Waals surface area contributed by atoms with Gasteiger partial charge in [-0.2, -0.15) is 5.10 Å². The smallest absolute Gasteiger partial charge is 0.341 e. The van der Waals surface area contributed by atoms with Crippen molar-refractivity contribution in [2.45, 2.75) is 26.8 Å². The zero-order valence-corrected chi connectivity index (χ0v) is 14.1. The number of carboxylic acids is 1. The highest BCUT2D eigenvalue weighted by atomic mass is 32.1. The number of hydrogen-bond donors (Lipinski definition) is 2. The van der Waals surface area contributed by atoms with Crippen LogP contribution in [0.5, 0.6) is 0 Å². The standard InChI is InChI=1S/C15H17N3O5S/c1-3-10-5-11(15(22)23-4-2)13(24-10)17-12(19)8-18-7-9(6-16-18)14(20)21/h5-7H,3-4,8H2,1-2H3,(H,17,19)(H,20,21). The molecule has 0 saturated heterocycles. The molecule has 0 aromatic carbocycles. The number of esters is 1. The van der Waals surface area contributed by atoms with Gasteiger partial charge in [0.2, 0.25) is 5.91 Å². The summed E-state index contributed by atoms with van der Waals surface area (Å²) in [7, 11) is 0. The molecule has 0 radical (unpaired) electrons. The molecule has 0 saturated carbocycles. The molecule has 1 amide bonds. The van der Waals surface area contributed by atoms with E-state index in [-0.39, 0.29) is 18.7 Å². The van der Waals surface area contributed by atoms with Crippen LogP contribution in [-0.2, 0) is 22.5 Å². The predicted molar refractivity (Wildman–Crippen MR) is 87.5 cm³/mol. The van der Waals surface area contributed by atoms with Gasteiger partial charge < -0.3 is 15.2 Å². The third kappa shape index (κ3) is 4.19. The van der Waals surface area contributed by atoms with Gasteiger partial charge in [0.1, 0.15) is 11.5 Å². The molecule has 0 unspecified atom stereocenters. The molecule has 0 aliphatic carbocycles. The summed E-state index contributed by atoms with van der Waals surface area (Å²) in [5.74, 6) is -2.02. The molecule has 2 aromatic heterocycles. The lowest BCUT2D eigenvalue weighted by Crippen LogP contribution is -2.20. The Morgan fingerprint density at radius 2 is 2.12 bits per heavy atom. The van der Waals surface area contributed by atoms with Gasteiger partial charge in [-0.05, 0) is 19.4 Å². The number of nitrogens with one attached hydrogen (secondary N) is 1. The minimum Gasteiger partial charge on any atom is -0.478 e. The number of carboxylic acid groups (broad SMARTS) is 1. The number of amides is 1. The van der Waals surface area contributed by atoms with Crippen LogP contribution in [0.2, 0.25) is 0 Å². The number of aryl methyl sites for hydroxylation is 1. The van der Waals surface area contributed by atoms with E-state index in [2.05, 4.69) is 10.4 Å². The fourth-order valence-corrected chi connectivity index (χ4v) is 2.94. The molecule has 2 rings (SSSR count). The summed E-state index contributed by atoms with van der Waals surface area (Å²) in [4.78, 5) is 35.8.